The zero-order valence-electron chi connectivity index (χ0n) is 5.37. The highest BCUT2D eigenvalue weighted by molar-refractivity contribution is 4.40. The molecule has 0 heterocycles. The van der Waals surface area contributed by atoms with Gasteiger partial charge in [0.25, 0.3) is 0 Å². The Morgan fingerprint density at radius 2 is 1.50 bits per heavy atom. The van der Waals surface area contributed by atoms with Gasteiger partial charge >= 0.3 is 0 Å². The van der Waals surface area contributed by atoms with Crippen molar-refractivity contribution < 1.29 is 0 Å². The largest absolute Gasteiger partial charge is 0.166 e. The van der Waals surface area contributed by atoms with E-state index in [4.69, 9.17) is 16.6 Å². The number of rotatable bonds is 4. The van der Waals surface area contributed by atoms with Gasteiger partial charge in [-0.1, -0.05) is 0 Å². The Labute approximate surface area is 63.9 Å². The van der Waals surface area contributed by atoms with Crippen molar-refractivity contribution in [3.05, 3.63) is 31.3 Å². The number of hydrogen-bond donors (Lipinski definition) is 0. The van der Waals surface area contributed by atoms with Crippen LogP contribution < -0.4 is 0 Å². The van der Waals surface area contributed by atoms with E-state index in [1.165, 1.54) is 0 Å². The third-order valence-corrected chi connectivity index (χ3v) is 0.440. The first kappa shape index (κ1) is 9.33. The lowest BCUT2D eigenvalue weighted by Crippen LogP contribution is -1.94. The van der Waals surface area contributed by atoms with Crippen LogP contribution in [0.4, 0.5) is 0 Å². The van der Waals surface area contributed by atoms with Crippen LogP contribution in [0.15, 0.2) is 26.1 Å². The minimum atomic E-state index is 0.203. The second-order valence-corrected chi connectivity index (χ2v) is 0.984. The van der Waals surface area contributed by atoms with Gasteiger partial charge in [-0.05, 0) is 0 Å². The van der Waals surface area contributed by atoms with E-state index in [2.05, 4.69) is 40.9 Å². The summed E-state index contributed by atoms with van der Waals surface area (Å²) in [5, 5.41) is 13.9. The molecule has 0 aliphatic carbocycles. The monoisotopic (exact) mass is 168 g/mol. The average Bonchev–Trinajstić information content (AvgIpc) is 2.06. The van der Waals surface area contributed by atoms with Crippen molar-refractivity contribution in [2.24, 2.45) is 26.1 Å². The van der Waals surface area contributed by atoms with Crippen LogP contribution in [-0.2, 0) is 0 Å². The van der Waals surface area contributed by atoms with E-state index in [1.54, 1.807) is 0 Å². The van der Waals surface area contributed by atoms with E-state index >= 15 is 0 Å². The summed E-state index contributed by atoms with van der Waals surface area (Å²) in [6.07, 6.45) is 0. The molecule has 0 N–H and O–H groups in total. The van der Waals surface area contributed by atoms with Crippen molar-refractivity contribution in [3.63, 3.8) is 0 Å². The van der Waals surface area contributed by atoms with E-state index in [1.807, 2.05) is 0 Å². The quantitative estimate of drug-likeness (QED) is 0.266. The SMILES string of the molecule is [N-]=[N+]=NN=NN(N=[N+]=[N-])N=[N+]=[N-]. The van der Waals surface area contributed by atoms with Gasteiger partial charge < -0.3 is 0 Å². The molecule has 0 aliphatic heterocycles. The lowest BCUT2D eigenvalue weighted by molar-refractivity contribution is 0.283. The first-order valence-electron chi connectivity index (χ1n) is 2.20. The molecule has 0 aromatic heterocycles. The highest BCUT2D eigenvalue weighted by Gasteiger charge is 1.95. The maximum absolute atomic E-state index is 7.85. The molecule has 0 fully saturated rings. The summed E-state index contributed by atoms with van der Waals surface area (Å²) in [6, 6.07) is 0. The van der Waals surface area contributed by atoms with Gasteiger partial charge in [0.05, 0.1) is 5.22 Å². The van der Waals surface area contributed by atoms with Gasteiger partial charge in [0.1, 0.15) is 5.22 Å². The van der Waals surface area contributed by atoms with E-state index in [9.17, 15) is 0 Å². The molecule has 60 valence electrons. The van der Waals surface area contributed by atoms with Gasteiger partial charge in [0.15, 0.2) is 5.22 Å². The van der Waals surface area contributed by atoms with Crippen LogP contribution in [0.2, 0.25) is 0 Å². The zero-order valence-corrected chi connectivity index (χ0v) is 5.37. The maximum Gasteiger partial charge on any atom is 0.165 e. The minimum absolute atomic E-state index is 0.203. The smallest absolute Gasteiger partial charge is 0.165 e. The summed E-state index contributed by atoms with van der Waals surface area (Å²) in [5.74, 6) is 0. The van der Waals surface area contributed by atoms with Gasteiger partial charge in [-0.2, -0.15) is 14.7 Å². The third kappa shape index (κ3) is 4.23. The molecule has 0 saturated heterocycles. The Morgan fingerprint density at radius 1 is 0.917 bits per heavy atom. The van der Waals surface area contributed by atoms with Gasteiger partial charge in [-0.15, -0.1) is 16.6 Å². The predicted molar refractivity (Wildman–Crippen MR) is 34.1 cm³/mol. The van der Waals surface area contributed by atoms with Crippen LogP contribution in [-0.4, -0.2) is 5.23 Å². The Balaban J connectivity index is 4.41. The Hall–Kier alpha value is -2.67. The second-order valence-electron chi connectivity index (χ2n) is 0.984. The molecule has 0 radical (unpaired) electrons. The van der Waals surface area contributed by atoms with Crippen molar-refractivity contribution in [1.29, 1.82) is 0 Å². The Morgan fingerprint density at radius 3 is 1.92 bits per heavy atom. The van der Waals surface area contributed by atoms with E-state index in [-0.39, 0.29) is 5.23 Å². The molecular formula is N12. The molecule has 0 saturated carbocycles. The predicted octanol–water partition coefficient (Wildman–Crippen LogP) is 2.33. The van der Waals surface area contributed by atoms with Gasteiger partial charge in [-0.25, -0.2) is 0 Å². The highest BCUT2D eigenvalue weighted by atomic mass is 15.9. The van der Waals surface area contributed by atoms with Crippen LogP contribution >= 0.6 is 0 Å². The fraction of sp³-hybridized carbons (Fsp3) is 0. The van der Waals surface area contributed by atoms with Gasteiger partial charge in [0, 0.05) is 15.7 Å². The lowest BCUT2D eigenvalue weighted by Gasteiger charge is -1.87. The number of hydrogen-bond acceptors (Lipinski definition) is 3. The number of azide groups is 2. The standard InChI is InChI=1S/N12/c1-4-7-8-11-12(9-5-2)10-6-3. The van der Waals surface area contributed by atoms with Crippen LogP contribution in [0.5, 0.6) is 0 Å². The van der Waals surface area contributed by atoms with Crippen LogP contribution in [0.3, 0.4) is 0 Å². The van der Waals surface area contributed by atoms with Crippen LogP contribution in [0.1, 0.15) is 0 Å². The van der Waals surface area contributed by atoms with Crippen molar-refractivity contribution in [2.75, 3.05) is 0 Å². The first-order valence-corrected chi connectivity index (χ1v) is 2.20. The molecule has 0 amide bonds. The normalized spacial score (nSPS) is 7.67. The molecule has 0 aromatic carbocycles. The van der Waals surface area contributed by atoms with Gasteiger partial charge in [0.2, 0.25) is 0 Å². The first-order chi connectivity index (χ1) is 5.85. The molecule has 12 heavy (non-hydrogen) atoms. The van der Waals surface area contributed by atoms with Crippen molar-refractivity contribution in [3.8, 4) is 0 Å². The summed E-state index contributed by atoms with van der Waals surface area (Å²) in [4.78, 5) is 6.66. The van der Waals surface area contributed by atoms with Crippen molar-refractivity contribution in [1.82, 2.24) is 5.23 Å². The Kier molecular flexibility index (Phi) is 5.01. The van der Waals surface area contributed by atoms with E-state index in [0.29, 0.717) is 0 Å². The Bertz CT molecular complexity index is 268. The lowest BCUT2D eigenvalue weighted by atomic mass is 12.1. The summed E-state index contributed by atoms with van der Waals surface area (Å²) >= 11 is 0. The molecule has 0 aromatic rings. The fourth-order valence-corrected chi connectivity index (χ4v) is 0.197. The summed E-state index contributed by atoms with van der Waals surface area (Å²) in [5.41, 5.74) is 23.4. The molecule has 0 unspecified atom stereocenters. The second kappa shape index (κ2) is 6.45. The molecule has 0 bridgehead atoms. The summed E-state index contributed by atoms with van der Waals surface area (Å²) in [7, 11) is 0. The molecule has 0 atom stereocenters. The van der Waals surface area contributed by atoms with Gasteiger partial charge in [-0.3, -0.25) is 0 Å². The number of nitrogens with zero attached hydrogens (tertiary/aromatic N) is 12. The van der Waals surface area contributed by atoms with Crippen LogP contribution in [0.25, 0.3) is 31.3 Å². The summed E-state index contributed by atoms with van der Waals surface area (Å²) in [6.45, 7) is 0. The molecule has 12 nitrogen and oxygen atoms in total. The minimum Gasteiger partial charge on any atom is -0.166 e. The third-order valence-electron chi connectivity index (χ3n) is 0.440. The topological polar surface area (TPSA) is 174 Å². The average molecular weight is 168 g/mol. The highest BCUT2D eigenvalue weighted by Crippen LogP contribution is 1.94. The van der Waals surface area contributed by atoms with Crippen molar-refractivity contribution in [2.45, 2.75) is 0 Å². The summed E-state index contributed by atoms with van der Waals surface area (Å²) < 4.78 is 0. The molecular weight excluding hydrogens is 168 g/mol. The van der Waals surface area contributed by atoms with Crippen molar-refractivity contribution >= 4 is 0 Å². The molecule has 0 rings (SSSR count). The molecule has 12 heteroatoms. The van der Waals surface area contributed by atoms with E-state index in [0.717, 1.165) is 0 Å². The van der Waals surface area contributed by atoms with E-state index < -0.39 is 0 Å². The maximum atomic E-state index is 7.85. The van der Waals surface area contributed by atoms with Crippen LogP contribution in [0, 0.1) is 0 Å². The molecule has 0 aliphatic rings. The zero-order chi connectivity index (χ0) is 9.23. The molecule has 0 spiro atoms. The fourth-order valence-electron chi connectivity index (χ4n) is 0.197.